The lowest BCUT2D eigenvalue weighted by atomic mass is 9.86. The molecular weight excluding hydrogens is 484 g/mol. The van der Waals surface area contributed by atoms with Gasteiger partial charge in [-0.2, -0.15) is 5.26 Å². The van der Waals surface area contributed by atoms with Crippen molar-refractivity contribution in [3.05, 3.63) is 59.2 Å². The summed E-state index contributed by atoms with van der Waals surface area (Å²) in [6.45, 7) is 3.78. The molecule has 2 aromatic rings. The second kappa shape index (κ2) is 10.3. The summed E-state index contributed by atoms with van der Waals surface area (Å²) >= 11 is 0. The molecule has 1 heterocycles. The Labute approximate surface area is 208 Å². The lowest BCUT2D eigenvalue weighted by Crippen LogP contribution is -2.41. The first kappa shape index (κ1) is 25.7. The van der Waals surface area contributed by atoms with E-state index in [-0.39, 0.29) is 4.90 Å². The van der Waals surface area contributed by atoms with Crippen molar-refractivity contribution in [3.8, 4) is 11.8 Å². The van der Waals surface area contributed by atoms with Crippen LogP contribution in [0.5, 0.6) is 5.75 Å². The number of rotatable bonds is 8. The first-order valence-corrected chi connectivity index (χ1v) is 15.7. The Kier molecular flexibility index (Phi) is 7.55. The number of fused-ring (bicyclic) bond motifs is 1. The van der Waals surface area contributed by atoms with Crippen LogP contribution in [-0.4, -0.2) is 64.7 Å². The SMILES string of the molecule is CC1CC(COc2ccc(S(=O)(=O)CCS(C)(=O)=O)cc2)CN1C1CCc2ccc(C#N)cc2C1. The van der Waals surface area contributed by atoms with Crippen LogP contribution in [-0.2, 0) is 32.5 Å². The Bertz CT molecular complexity index is 1310. The third-order valence-corrected chi connectivity index (χ3v) is 10.0. The quantitative estimate of drug-likeness (QED) is 0.531. The first-order chi connectivity index (χ1) is 16.5. The van der Waals surface area contributed by atoms with Gasteiger partial charge in [0.05, 0.1) is 34.6 Å². The van der Waals surface area contributed by atoms with Gasteiger partial charge < -0.3 is 4.74 Å². The fourth-order valence-corrected chi connectivity index (χ4v) is 8.10. The Balaban J connectivity index is 1.31. The van der Waals surface area contributed by atoms with E-state index in [2.05, 4.69) is 24.0 Å². The normalized spacial score (nSPS) is 22.9. The van der Waals surface area contributed by atoms with Crippen LogP contribution in [0.1, 0.15) is 36.5 Å². The molecule has 7 nitrogen and oxygen atoms in total. The molecule has 0 amide bonds. The molecule has 0 bridgehead atoms. The zero-order valence-corrected chi connectivity index (χ0v) is 21.8. The van der Waals surface area contributed by atoms with E-state index >= 15 is 0 Å². The van der Waals surface area contributed by atoms with Gasteiger partial charge in [0.15, 0.2) is 9.84 Å². The van der Waals surface area contributed by atoms with E-state index in [1.165, 1.54) is 23.3 Å². The fourth-order valence-electron chi connectivity index (χ4n) is 5.23. The highest BCUT2D eigenvalue weighted by Gasteiger charge is 2.35. The molecule has 0 spiro atoms. The number of hydrogen-bond acceptors (Lipinski definition) is 7. The van der Waals surface area contributed by atoms with Crippen LogP contribution in [0.25, 0.3) is 0 Å². The largest absolute Gasteiger partial charge is 0.493 e. The van der Waals surface area contributed by atoms with Crippen LogP contribution < -0.4 is 4.74 Å². The van der Waals surface area contributed by atoms with Crippen LogP contribution in [0.15, 0.2) is 47.4 Å². The molecule has 1 aliphatic heterocycles. The van der Waals surface area contributed by atoms with E-state index in [0.29, 0.717) is 30.4 Å². The number of ether oxygens (including phenoxy) is 1. The number of nitrogens with zero attached hydrogens (tertiary/aromatic N) is 2. The lowest BCUT2D eigenvalue weighted by Gasteiger charge is -2.35. The first-order valence-electron chi connectivity index (χ1n) is 11.9. The smallest absolute Gasteiger partial charge is 0.179 e. The molecule has 3 atom stereocenters. The summed E-state index contributed by atoms with van der Waals surface area (Å²) in [7, 11) is -7.00. The number of sulfone groups is 2. The maximum atomic E-state index is 12.4. The standard InChI is InChI=1S/C26H32N2O5S2/c1-19-13-21(17-28(19)24-6-5-22-4-3-20(16-27)14-23(22)15-24)18-33-25-7-9-26(10-8-25)35(31,32)12-11-34(2,29)30/h3-4,7-10,14,19,21,24H,5-6,11-13,15,17-18H2,1-2H3. The molecular formula is C26H32N2O5S2. The van der Waals surface area contributed by atoms with E-state index in [0.717, 1.165) is 44.0 Å². The van der Waals surface area contributed by atoms with Crippen molar-refractivity contribution in [2.45, 2.75) is 49.6 Å². The zero-order chi connectivity index (χ0) is 25.2. The molecule has 1 aliphatic carbocycles. The summed E-state index contributed by atoms with van der Waals surface area (Å²) in [6, 6.07) is 15.4. The van der Waals surface area contributed by atoms with Crippen molar-refractivity contribution in [1.82, 2.24) is 4.90 Å². The monoisotopic (exact) mass is 516 g/mol. The van der Waals surface area contributed by atoms with Crippen molar-refractivity contribution in [3.63, 3.8) is 0 Å². The minimum atomic E-state index is -3.65. The number of nitriles is 1. The molecule has 2 aromatic carbocycles. The highest BCUT2D eigenvalue weighted by Crippen LogP contribution is 2.32. The zero-order valence-electron chi connectivity index (χ0n) is 20.2. The van der Waals surface area contributed by atoms with Gasteiger partial charge in [0.25, 0.3) is 0 Å². The van der Waals surface area contributed by atoms with Gasteiger partial charge in [-0.05, 0) is 80.1 Å². The molecule has 0 radical (unpaired) electrons. The Morgan fingerprint density at radius 3 is 2.49 bits per heavy atom. The maximum Gasteiger partial charge on any atom is 0.179 e. The average molecular weight is 517 g/mol. The number of hydrogen-bond donors (Lipinski definition) is 0. The molecule has 0 saturated carbocycles. The van der Waals surface area contributed by atoms with Gasteiger partial charge in [0.2, 0.25) is 0 Å². The fraction of sp³-hybridized carbons (Fsp3) is 0.500. The van der Waals surface area contributed by atoms with Gasteiger partial charge in [-0.3, -0.25) is 4.90 Å². The van der Waals surface area contributed by atoms with E-state index in [9.17, 15) is 22.1 Å². The van der Waals surface area contributed by atoms with Crippen LogP contribution >= 0.6 is 0 Å². The van der Waals surface area contributed by atoms with Crippen LogP contribution in [0, 0.1) is 17.2 Å². The molecule has 1 fully saturated rings. The lowest BCUT2D eigenvalue weighted by molar-refractivity contribution is 0.164. The van der Waals surface area contributed by atoms with Gasteiger partial charge in [0.1, 0.15) is 15.6 Å². The third kappa shape index (κ3) is 6.43. The molecule has 0 N–H and O–H groups in total. The third-order valence-electron chi connectivity index (χ3n) is 7.11. The topological polar surface area (TPSA) is 105 Å². The molecule has 9 heteroatoms. The predicted octanol–water partition coefficient (Wildman–Crippen LogP) is 3.02. The summed E-state index contributed by atoms with van der Waals surface area (Å²) in [4.78, 5) is 2.68. The maximum absolute atomic E-state index is 12.4. The second-order valence-corrected chi connectivity index (χ2v) is 14.2. The summed E-state index contributed by atoms with van der Waals surface area (Å²) in [5.41, 5.74) is 3.37. The summed E-state index contributed by atoms with van der Waals surface area (Å²) < 4.78 is 53.3. The molecule has 188 valence electrons. The minimum absolute atomic E-state index is 0.103. The van der Waals surface area contributed by atoms with E-state index < -0.39 is 31.2 Å². The van der Waals surface area contributed by atoms with Crippen molar-refractivity contribution in [2.24, 2.45) is 5.92 Å². The summed E-state index contributed by atoms with van der Waals surface area (Å²) in [5.74, 6) is 0.171. The molecule has 0 aromatic heterocycles. The van der Waals surface area contributed by atoms with Gasteiger partial charge in [-0.15, -0.1) is 0 Å². The predicted molar refractivity (Wildman–Crippen MR) is 135 cm³/mol. The molecule has 35 heavy (non-hydrogen) atoms. The van der Waals surface area contributed by atoms with Crippen LogP contribution in [0.3, 0.4) is 0 Å². The van der Waals surface area contributed by atoms with Crippen molar-refractivity contribution < 1.29 is 21.6 Å². The molecule has 1 saturated heterocycles. The molecule has 4 rings (SSSR count). The van der Waals surface area contributed by atoms with Crippen LogP contribution in [0.4, 0.5) is 0 Å². The van der Waals surface area contributed by atoms with Crippen molar-refractivity contribution >= 4 is 19.7 Å². The van der Waals surface area contributed by atoms with Gasteiger partial charge in [-0.25, -0.2) is 16.8 Å². The Morgan fingerprint density at radius 2 is 1.80 bits per heavy atom. The van der Waals surface area contributed by atoms with Gasteiger partial charge in [-0.1, -0.05) is 6.07 Å². The van der Waals surface area contributed by atoms with E-state index in [4.69, 9.17) is 4.74 Å². The highest BCUT2D eigenvalue weighted by atomic mass is 32.2. The van der Waals surface area contributed by atoms with E-state index in [1.807, 2.05) is 12.1 Å². The average Bonchev–Trinajstić information content (AvgIpc) is 3.21. The summed E-state index contributed by atoms with van der Waals surface area (Å²) in [5, 5.41) is 9.23. The van der Waals surface area contributed by atoms with Gasteiger partial charge in [0, 0.05) is 30.8 Å². The van der Waals surface area contributed by atoms with Crippen molar-refractivity contribution in [2.75, 3.05) is 30.9 Å². The molecule has 3 unspecified atom stereocenters. The number of aryl methyl sites for hydroxylation is 1. The summed E-state index contributed by atoms with van der Waals surface area (Å²) in [6.07, 6.45) is 5.20. The number of likely N-dealkylation sites (tertiary alicyclic amines) is 1. The Hall–Kier alpha value is -2.41. The number of benzene rings is 2. The van der Waals surface area contributed by atoms with Crippen LogP contribution in [0.2, 0.25) is 0 Å². The van der Waals surface area contributed by atoms with Gasteiger partial charge >= 0.3 is 0 Å². The Morgan fingerprint density at radius 1 is 1.06 bits per heavy atom. The van der Waals surface area contributed by atoms with E-state index in [1.54, 1.807) is 12.1 Å². The van der Waals surface area contributed by atoms with Crippen molar-refractivity contribution in [1.29, 1.82) is 5.26 Å². The second-order valence-electron chi connectivity index (χ2n) is 9.87. The minimum Gasteiger partial charge on any atom is -0.493 e. The molecule has 2 aliphatic rings. The highest BCUT2D eigenvalue weighted by molar-refractivity contribution is 7.94.